The van der Waals surface area contributed by atoms with Crippen molar-refractivity contribution >= 4 is 29.8 Å². The number of carboxylic acid groups (broad SMARTS) is 1. The molecule has 0 aliphatic rings. The first-order chi connectivity index (χ1) is 15.7. The van der Waals surface area contributed by atoms with Gasteiger partial charge < -0.3 is 24.6 Å². The van der Waals surface area contributed by atoms with Crippen LogP contribution in [0.3, 0.4) is 0 Å². The molecule has 0 fully saturated rings. The molecule has 10 nitrogen and oxygen atoms in total. The van der Waals surface area contributed by atoms with E-state index in [0.29, 0.717) is 5.56 Å². The van der Waals surface area contributed by atoms with E-state index in [1.807, 2.05) is 0 Å². The van der Waals surface area contributed by atoms with E-state index < -0.39 is 42.2 Å². The SMILES string of the molecule is CC(=O)Oc1cccc(C(=O)NC(CCC(=O)O)C(=O)OCc2ccccc2)c1OC(C)=O. The number of hydrogen-bond donors (Lipinski definition) is 2. The van der Waals surface area contributed by atoms with Crippen molar-refractivity contribution in [2.75, 3.05) is 0 Å². The molecule has 33 heavy (non-hydrogen) atoms. The van der Waals surface area contributed by atoms with Crippen LogP contribution >= 0.6 is 0 Å². The molecule has 2 N–H and O–H groups in total. The van der Waals surface area contributed by atoms with Crippen molar-refractivity contribution in [3.8, 4) is 11.5 Å². The van der Waals surface area contributed by atoms with Crippen LogP contribution in [0.5, 0.6) is 11.5 Å². The summed E-state index contributed by atoms with van der Waals surface area (Å²) in [4.78, 5) is 59.4. The summed E-state index contributed by atoms with van der Waals surface area (Å²) < 4.78 is 15.3. The third-order valence-electron chi connectivity index (χ3n) is 4.18. The average molecular weight is 457 g/mol. The standard InChI is InChI=1S/C23H23NO9/c1-14(25)32-19-10-6-9-17(21(19)33-15(2)26)22(29)24-18(11-12-20(27)28)23(30)31-13-16-7-4-3-5-8-16/h3-10,18H,11-13H2,1-2H3,(H,24,29)(H,27,28). The minimum Gasteiger partial charge on any atom is -0.481 e. The van der Waals surface area contributed by atoms with Crippen LogP contribution < -0.4 is 14.8 Å². The highest BCUT2D eigenvalue weighted by Gasteiger charge is 2.27. The molecular formula is C23H23NO9. The molecule has 0 heterocycles. The quantitative estimate of drug-likeness (QED) is 0.405. The van der Waals surface area contributed by atoms with Gasteiger partial charge in [0.25, 0.3) is 5.91 Å². The fourth-order valence-electron chi connectivity index (χ4n) is 2.76. The maximum atomic E-state index is 12.9. The third-order valence-corrected chi connectivity index (χ3v) is 4.18. The van der Waals surface area contributed by atoms with E-state index in [1.54, 1.807) is 30.3 Å². The number of aliphatic carboxylic acids is 1. The minimum atomic E-state index is -1.29. The number of hydrogen-bond acceptors (Lipinski definition) is 8. The highest BCUT2D eigenvalue weighted by atomic mass is 16.6. The topological polar surface area (TPSA) is 145 Å². The number of ether oxygens (including phenoxy) is 3. The zero-order valence-electron chi connectivity index (χ0n) is 18.0. The maximum Gasteiger partial charge on any atom is 0.328 e. The van der Waals surface area contributed by atoms with Gasteiger partial charge in [-0.15, -0.1) is 0 Å². The number of esters is 3. The van der Waals surface area contributed by atoms with Crippen molar-refractivity contribution in [2.24, 2.45) is 0 Å². The predicted molar refractivity (Wildman–Crippen MR) is 113 cm³/mol. The van der Waals surface area contributed by atoms with Gasteiger partial charge in [-0.1, -0.05) is 36.4 Å². The number of carboxylic acids is 1. The second kappa shape index (κ2) is 12.0. The summed E-state index contributed by atoms with van der Waals surface area (Å²) >= 11 is 0. The molecular weight excluding hydrogens is 434 g/mol. The first-order valence-corrected chi connectivity index (χ1v) is 9.90. The van der Waals surface area contributed by atoms with Crippen LogP contribution in [0.1, 0.15) is 42.6 Å². The van der Waals surface area contributed by atoms with Crippen molar-refractivity contribution in [3.63, 3.8) is 0 Å². The summed E-state index contributed by atoms with van der Waals surface area (Å²) in [5, 5.41) is 11.4. The second-order valence-corrected chi connectivity index (χ2v) is 6.87. The Kier molecular flexibility index (Phi) is 9.10. The summed E-state index contributed by atoms with van der Waals surface area (Å²) in [6.45, 7) is 2.16. The molecule has 2 rings (SSSR count). The number of amides is 1. The largest absolute Gasteiger partial charge is 0.481 e. The number of para-hydroxylation sites is 1. The molecule has 0 saturated carbocycles. The van der Waals surface area contributed by atoms with Crippen LogP contribution in [0.2, 0.25) is 0 Å². The zero-order chi connectivity index (χ0) is 24.4. The van der Waals surface area contributed by atoms with E-state index in [-0.39, 0.29) is 30.1 Å². The van der Waals surface area contributed by atoms with Crippen LogP contribution in [0.15, 0.2) is 48.5 Å². The molecule has 0 aliphatic heterocycles. The van der Waals surface area contributed by atoms with Crippen LogP contribution in [0.25, 0.3) is 0 Å². The number of rotatable bonds is 10. The van der Waals surface area contributed by atoms with Crippen LogP contribution in [-0.4, -0.2) is 40.9 Å². The van der Waals surface area contributed by atoms with Crippen LogP contribution in [-0.2, 0) is 30.5 Å². The van der Waals surface area contributed by atoms with Crippen molar-refractivity contribution in [1.82, 2.24) is 5.32 Å². The van der Waals surface area contributed by atoms with Crippen molar-refractivity contribution < 1.29 is 43.3 Å². The second-order valence-electron chi connectivity index (χ2n) is 6.87. The Labute approximate surface area is 189 Å². The lowest BCUT2D eigenvalue weighted by molar-refractivity contribution is -0.148. The summed E-state index contributed by atoms with van der Waals surface area (Å²) in [6.07, 6.45) is -0.642. The first-order valence-electron chi connectivity index (χ1n) is 9.90. The summed E-state index contributed by atoms with van der Waals surface area (Å²) in [7, 11) is 0. The fraction of sp³-hybridized carbons (Fsp3) is 0.261. The normalized spacial score (nSPS) is 11.1. The molecule has 0 aliphatic carbocycles. The number of nitrogens with one attached hydrogen (secondary N) is 1. The van der Waals surface area contributed by atoms with E-state index >= 15 is 0 Å². The zero-order valence-corrected chi connectivity index (χ0v) is 18.0. The fourth-order valence-corrected chi connectivity index (χ4v) is 2.76. The molecule has 0 radical (unpaired) electrons. The monoisotopic (exact) mass is 457 g/mol. The summed E-state index contributed by atoms with van der Waals surface area (Å²) in [6, 6.07) is 11.5. The van der Waals surface area contributed by atoms with Crippen molar-refractivity contribution in [2.45, 2.75) is 39.3 Å². The molecule has 174 valence electrons. The lowest BCUT2D eigenvalue weighted by Gasteiger charge is -2.19. The molecule has 0 bridgehead atoms. The van der Waals surface area contributed by atoms with Crippen molar-refractivity contribution in [1.29, 1.82) is 0 Å². The van der Waals surface area contributed by atoms with Gasteiger partial charge in [0.1, 0.15) is 12.6 Å². The highest BCUT2D eigenvalue weighted by molar-refractivity contribution is 6.00. The summed E-state index contributed by atoms with van der Waals surface area (Å²) in [5.41, 5.74) is 0.514. The van der Waals surface area contributed by atoms with Gasteiger partial charge in [0.15, 0.2) is 11.5 Å². The minimum absolute atomic E-state index is 0.0697. The molecule has 0 spiro atoms. The van der Waals surface area contributed by atoms with Gasteiger partial charge in [-0.05, 0) is 24.1 Å². The Bertz CT molecular complexity index is 1030. The van der Waals surface area contributed by atoms with E-state index in [0.717, 1.165) is 13.8 Å². The van der Waals surface area contributed by atoms with Gasteiger partial charge in [-0.2, -0.15) is 0 Å². The molecule has 0 saturated heterocycles. The van der Waals surface area contributed by atoms with E-state index in [2.05, 4.69) is 5.32 Å². The number of carbonyl (C=O) groups is 5. The Morgan fingerprint density at radius 2 is 1.58 bits per heavy atom. The van der Waals surface area contributed by atoms with Crippen LogP contribution in [0.4, 0.5) is 0 Å². The first kappa shape index (κ1) is 25.1. The predicted octanol–water partition coefficient (Wildman–Crippen LogP) is 2.24. The Morgan fingerprint density at radius 1 is 0.909 bits per heavy atom. The van der Waals surface area contributed by atoms with Crippen LogP contribution in [0, 0.1) is 0 Å². The van der Waals surface area contributed by atoms with Gasteiger partial charge in [0.2, 0.25) is 0 Å². The van der Waals surface area contributed by atoms with E-state index in [4.69, 9.17) is 19.3 Å². The summed E-state index contributed by atoms with van der Waals surface area (Å²) in [5.74, 6) is -4.81. The van der Waals surface area contributed by atoms with Crippen molar-refractivity contribution in [3.05, 3.63) is 59.7 Å². The lowest BCUT2D eigenvalue weighted by atomic mass is 10.1. The van der Waals surface area contributed by atoms with E-state index in [1.165, 1.54) is 18.2 Å². The molecule has 2 aromatic carbocycles. The van der Waals surface area contributed by atoms with Gasteiger partial charge in [0.05, 0.1) is 5.56 Å². The Balaban J connectivity index is 2.25. The Morgan fingerprint density at radius 3 is 2.18 bits per heavy atom. The van der Waals surface area contributed by atoms with Gasteiger partial charge in [-0.25, -0.2) is 4.79 Å². The smallest absolute Gasteiger partial charge is 0.328 e. The van der Waals surface area contributed by atoms with E-state index in [9.17, 15) is 24.0 Å². The maximum absolute atomic E-state index is 12.9. The molecule has 2 aromatic rings. The average Bonchev–Trinajstić information content (AvgIpc) is 2.75. The van der Waals surface area contributed by atoms with Gasteiger partial charge in [0, 0.05) is 20.3 Å². The Hall–Kier alpha value is -4.21. The molecule has 1 unspecified atom stereocenters. The van der Waals surface area contributed by atoms with Gasteiger partial charge >= 0.3 is 23.9 Å². The number of benzene rings is 2. The molecule has 0 aromatic heterocycles. The highest BCUT2D eigenvalue weighted by Crippen LogP contribution is 2.32. The third kappa shape index (κ3) is 8.09. The van der Waals surface area contributed by atoms with Gasteiger partial charge in [-0.3, -0.25) is 19.2 Å². The molecule has 10 heteroatoms. The molecule has 1 atom stereocenters. The lowest BCUT2D eigenvalue weighted by Crippen LogP contribution is -2.42. The molecule has 1 amide bonds. The number of carbonyl (C=O) groups excluding carboxylic acids is 4.